The molecule has 3 nitrogen and oxygen atoms in total. The Kier molecular flexibility index (Phi) is 3.31. The van der Waals surface area contributed by atoms with E-state index in [1.165, 1.54) is 25.7 Å². The van der Waals surface area contributed by atoms with E-state index in [4.69, 9.17) is 9.97 Å². The summed E-state index contributed by atoms with van der Waals surface area (Å²) in [6, 6.07) is 0. The summed E-state index contributed by atoms with van der Waals surface area (Å²) < 4.78 is 1.01. The summed E-state index contributed by atoms with van der Waals surface area (Å²) >= 11 is 3.58. The molecule has 0 saturated heterocycles. The number of halogens is 1. The molecule has 1 heterocycles. The fraction of sp³-hybridized carbons (Fsp3) is 0.714. The lowest BCUT2D eigenvalue weighted by Gasteiger charge is -2.21. The highest BCUT2D eigenvalue weighted by atomic mass is 79.9. The van der Waals surface area contributed by atoms with Crippen LogP contribution in [0.1, 0.15) is 50.0 Å². The van der Waals surface area contributed by atoms with E-state index < -0.39 is 0 Å². The maximum atomic E-state index is 4.75. The fourth-order valence-electron chi connectivity index (χ4n) is 3.59. The van der Waals surface area contributed by atoms with Gasteiger partial charge in [-0.05, 0) is 60.9 Å². The van der Waals surface area contributed by atoms with Gasteiger partial charge in [-0.15, -0.1) is 0 Å². The van der Waals surface area contributed by atoms with Crippen molar-refractivity contribution in [2.75, 3.05) is 11.9 Å². The Bertz CT molecular complexity index is 461. The Morgan fingerprint density at radius 2 is 2.11 bits per heavy atom. The smallest absolute Gasteiger partial charge is 0.144 e. The molecule has 18 heavy (non-hydrogen) atoms. The number of nitrogens with zero attached hydrogens (tertiary/aromatic N) is 2. The highest BCUT2D eigenvalue weighted by Gasteiger charge is 2.41. The van der Waals surface area contributed by atoms with Crippen molar-refractivity contribution in [3.05, 3.63) is 16.0 Å². The summed E-state index contributed by atoms with van der Waals surface area (Å²) in [6.45, 7) is 5.05. The molecule has 4 heteroatoms. The van der Waals surface area contributed by atoms with Gasteiger partial charge in [0.05, 0.1) is 10.2 Å². The van der Waals surface area contributed by atoms with Gasteiger partial charge in [0, 0.05) is 12.5 Å². The molecule has 2 fully saturated rings. The fourth-order valence-corrected chi connectivity index (χ4v) is 3.91. The van der Waals surface area contributed by atoms with Gasteiger partial charge in [-0.2, -0.15) is 0 Å². The molecule has 1 N–H and O–H groups in total. The van der Waals surface area contributed by atoms with Crippen LogP contribution >= 0.6 is 15.9 Å². The minimum Gasteiger partial charge on any atom is -0.369 e. The van der Waals surface area contributed by atoms with Crippen molar-refractivity contribution in [1.29, 1.82) is 0 Å². The Balaban J connectivity index is 1.92. The van der Waals surface area contributed by atoms with Crippen molar-refractivity contribution in [1.82, 2.24) is 9.97 Å². The number of aryl methyl sites for hydroxylation is 1. The third kappa shape index (κ3) is 2.04. The molecule has 2 aliphatic rings. The number of rotatable bonds is 3. The molecule has 2 saturated carbocycles. The van der Waals surface area contributed by atoms with Crippen LogP contribution in [0.15, 0.2) is 4.47 Å². The van der Waals surface area contributed by atoms with Crippen LogP contribution in [0.25, 0.3) is 0 Å². The lowest BCUT2D eigenvalue weighted by atomic mass is 9.88. The van der Waals surface area contributed by atoms with Gasteiger partial charge < -0.3 is 5.32 Å². The summed E-state index contributed by atoms with van der Waals surface area (Å²) in [5.74, 6) is 4.41. The van der Waals surface area contributed by atoms with Crippen molar-refractivity contribution in [2.45, 2.75) is 45.4 Å². The van der Waals surface area contributed by atoms with Crippen LogP contribution in [0.3, 0.4) is 0 Å². The van der Waals surface area contributed by atoms with E-state index in [1.807, 2.05) is 0 Å². The van der Waals surface area contributed by atoms with Gasteiger partial charge in [0.2, 0.25) is 0 Å². The number of hydrogen-bond donors (Lipinski definition) is 1. The van der Waals surface area contributed by atoms with Gasteiger partial charge in [0.15, 0.2) is 0 Å². The Hall–Kier alpha value is -0.640. The zero-order valence-electron chi connectivity index (χ0n) is 11.0. The van der Waals surface area contributed by atoms with Crippen LogP contribution in [-0.4, -0.2) is 16.5 Å². The normalized spacial score (nSPS) is 29.8. The lowest BCUT2D eigenvalue weighted by Crippen LogP contribution is -2.14. The second-order valence-corrected chi connectivity index (χ2v) is 6.43. The first-order valence-corrected chi connectivity index (χ1v) is 7.76. The zero-order valence-corrected chi connectivity index (χ0v) is 12.6. The molecule has 0 aliphatic heterocycles. The second kappa shape index (κ2) is 4.80. The summed E-state index contributed by atoms with van der Waals surface area (Å²) in [5.41, 5.74) is 1.05. The second-order valence-electron chi connectivity index (χ2n) is 5.64. The number of anilines is 1. The lowest BCUT2D eigenvalue weighted by molar-refractivity contribution is 0.405. The molecule has 2 aliphatic carbocycles. The number of nitrogens with one attached hydrogen (secondary N) is 1. The van der Waals surface area contributed by atoms with E-state index in [0.29, 0.717) is 5.92 Å². The summed E-state index contributed by atoms with van der Waals surface area (Å²) in [6.07, 6.45) is 5.51. The monoisotopic (exact) mass is 309 g/mol. The van der Waals surface area contributed by atoms with Crippen LogP contribution in [-0.2, 0) is 0 Å². The molecule has 0 aromatic carbocycles. The quantitative estimate of drug-likeness (QED) is 0.920. The van der Waals surface area contributed by atoms with E-state index in [0.717, 1.165) is 40.2 Å². The van der Waals surface area contributed by atoms with E-state index in [-0.39, 0.29) is 0 Å². The first kappa shape index (κ1) is 12.4. The van der Waals surface area contributed by atoms with Gasteiger partial charge in [-0.25, -0.2) is 9.97 Å². The molecule has 0 radical (unpaired) electrons. The van der Waals surface area contributed by atoms with Gasteiger partial charge in [-0.1, -0.05) is 6.42 Å². The van der Waals surface area contributed by atoms with Crippen LogP contribution in [0.4, 0.5) is 5.82 Å². The van der Waals surface area contributed by atoms with Crippen molar-refractivity contribution >= 4 is 21.7 Å². The van der Waals surface area contributed by atoms with E-state index >= 15 is 0 Å². The Labute approximate surface area is 117 Å². The molecular formula is C14H20BrN3. The van der Waals surface area contributed by atoms with Gasteiger partial charge in [0.25, 0.3) is 0 Å². The molecule has 98 valence electrons. The molecule has 1 aromatic rings. The zero-order chi connectivity index (χ0) is 12.7. The maximum Gasteiger partial charge on any atom is 0.144 e. The molecule has 0 spiro atoms. The number of hydrogen-bond acceptors (Lipinski definition) is 3. The third-order valence-electron chi connectivity index (χ3n) is 4.45. The summed E-state index contributed by atoms with van der Waals surface area (Å²) in [7, 11) is 0. The average molecular weight is 310 g/mol. The topological polar surface area (TPSA) is 37.8 Å². The van der Waals surface area contributed by atoms with Crippen molar-refractivity contribution in [3.63, 3.8) is 0 Å². The molecule has 3 rings (SSSR count). The maximum absolute atomic E-state index is 4.75. The highest BCUT2D eigenvalue weighted by molar-refractivity contribution is 9.10. The van der Waals surface area contributed by atoms with Crippen LogP contribution in [0, 0.1) is 18.8 Å². The average Bonchev–Trinajstić information content (AvgIpc) is 2.97. The highest BCUT2D eigenvalue weighted by Crippen LogP contribution is 2.52. The van der Waals surface area contributed by atoms with Gasteiger partial charge in [-0.3, -0.25) is 0 Å². The summed E-state index contributed by atoms with van der Waals surface area (Å²) in [5, 5.41) is 3.33. The predicted octanol–water partition coefficient (Wildman–Crippen LogP) is 3.88. The first-order valence-electron chi connectivity index (χ1n) is 6.97. The largest absolute Gasteiger partial charge is 0.369 e. The third-order valence-corrected chi connectivity index (χ3v) is 5.40. The van der Waals surface area contributed by atoms with Gasteiger partial charge in [0.1, 0.15) is 11.6 Å². The van der Waals surface area contributed by atoms with Crippen LogP contribution in [0.5, 0.6) is 0 Å². The molecular weight excluding hydrogens is 290 g/mol. The summed E-state index contributed by atoms with van der Waals surface area (Å²) in [4.78, 5) is 9.47. The molecule has 1 aromatic heterocycles. The van der Waals surface area contributed by atoms with Crippen molar-refractivity contribution < 1.29 is 0 Å². The van der Waals surface area contributed by atoms with Crippen LogP contribution < -0.4 is 5.32 Å². The molecule has 2 bridgehead atoms. The van der Waals surface area contributed by atoms with E-state index in [1.54, 1.807) is 0 Å². The van der Waals surface area contributed by atoms with E-state index in [9.17, 15) is 0 Å². The molecule has 3 atom stereocenters. The first-order chi connectivity index (χ1) is 8.69. The Morgan fingerprint density at radius 1 is 1.28 bits per heavy atom. The number of fused-ring (bicyclic) bond motifs is 2. The van der Waals surface area contributed by atoms with E-state index in [2.05, 4.69) is 35.1 Å². The minimum atomic E-state index is 0.605. The Morgan fingerprint density at radius 3 is 2.72 bits per heavy atom. The molecule has 3 unspecified atom stereocenters. The van der Waals surface area contributed by atoms with Gasteiger partial charge >= 0.3 is 0 Å². The SMILES string of the molecule is CCNc1nc(C2CC3CCC2C3)nc(C)c1Br. The predicted molar refractivity (Wildman–Crippen MR) is 76.8 cm³/mol. The van der Waals surface area contributed by atoms with Crippen LogP contribution in [0.2, 0.25) is 0 Å². The standard InChI is InChI=1S/C14H20BrN3/c1-3-16-14-12(15)8(2)17-13(18-14)11-7-9-4-5-10(11)6-9/h9-11H,3-7H2,1-2H3,(H,16,17,18). The van der Waals surface area contributed by atoms with Crippen molar-refractivity contribution in [2.24, 2.45) is 11.8 Å². The number of aromatic nitrogens is 2. The van der Waals surface area contributed by atoms with Crippen molar-refractivity contribution in [3.8, 4) is 0 Å². The minimum absolute atomic E-state index is 0.605. The molecule has 0 amide bonds.